The van der Waals surface area contributed by atoms with Crippen molar-refractivity contribution in [3.8, 4) is 5.75 Å². The lowest BCUT2D eigenvalue weighted by Gasteiger charge is -2.23. The minimum atomic E-state index is -0.350. The average molecular weight is 404 g/mol. The highest BCUT2D eigenvalue weighted by Crippen LogP contribution is 2.64. The number of primary amides is 1. The number of amides is 1. The predicted molar refractivity (Wildman–Crippen MR) is 114 cm³/mol. The maximum Gasteiger partial charge on any atom is 0.248 e. The van der Waals surface area contributed by atoms with Gasteiger partial charge in [-0.05, 0) is 72.8 Å². The largest absolute Gasteiger partial charge is 0.490 e. The van der Waals surface area contributed by atoms with Gasteiger partial charge in [-0.25, -0.2) is 4.39 Å². The second-order valence-electron chi connectivity index (χ2n) is 8.55. The molecule has 5 rings (SSSR count). The molecule has 2 N–H and O–H groups in total. The number of ether oxygens (including phenoxy) is 1. The van der Waals surface area contributed by atoms with Crippen molar-refractivity contribution in [2.45, 2.75) is 38.2 Å². The Kier molecular flexibility index (Phi) is 4.69. The molecular formula is C25H25FN2O2. The van der Waals surface area contributed by atoms with Crippen molar-refractivity contribution < 1.29 is 13.9 Å². The number of carbonyl (C=O) groups is 1. The van der Waals surface area contributed by atoms with E-state index in [1.165, 1.54) is 12.1 Å². The van der Waals surface area contributed by atoms with E-state index >= 15 is 0 Å². The van der Waals surface area contributed by atoms with Gasteiger partial charge in [-0.3, -0.25) is 9.78 Å². The zero-order chi connectivity index (χ0) is 20.8. The van der Waals surface area contributed by atoms with E-state index in [1.54, 1.807) is 12.3 Å². The summed E-state index contributed by atoms with van der Waals surface area (Å²) >= 11 is 0. The molecule has 0 radical (unpaired) electrons. The van der Waals surface area contributed by atoms with Crippen LogP contribution in [-0.4, -0.2) is 17.0 Å². The summed E-state index contributed by atoms with van der Waals surface area (Å²) in [7, 11) is 0. The van der Waals surface area contributed by atoms with Crippen molar-refractivity contribution in [1.82, 2.24) is 4.98 Å². The van der Waals surface area contributed by atoms with Crippen LogP contribution in [0.4, 0.5) is 4.39 Å². The molecule has 0 saturated heterocycles. The molecule has 2 fully saturated rings. The Labute approximate surface area is 175 Å². The summed E-state index contributed by atoms with van der Waals surface area (Å²) < 4.78 is 19.8. The fraction of sp³-hybridized carbons (Fsp3) is 0.360. The van der Waals surface area contributed by atoms with Crippen LogP contribution in [-0.2, 0) is 0 Å². The quantitative estimate of drug-likeness (QED) is 0.624. The Morgan fingerprint density at radius 2 is 1.97 bits per heavy atom. The highest BCUT2D eigenvalue weighted by Gasteiger charge is 2.59. The van der Waals surface area contributed by atoms with Crippen LogP contribution in [0, 0.1) is 23.6 Å². The highest BCUT2D eigenvalue weighted by atomic mass is 19.1. The molecule has 2 aromatic carbocycles. The lowest BCUT2D eigenvalue weighted by Crippen LogP contribution is -2.20. The Morgan fingerprint density at radius 1 is 1.20 bits per heavy atom. The number of hydrogen-bond acceptors (Lipinski definition) is 3. The number of benzene rings is 2. The van der Waals surface area contributed by atoms with Gasteiger partial charge in [-0.1, -0.05) is 25.1 Å². The molecule has 1 amide bonds. The van der Waals surface area contributed by atoms with Crippen LogP contribution in [0.3, 0.4) is 0 Å². The molecule has 1 aromatic heterocycles. The molecule has 1 heterocycles. The molecule has 4 nitrogen and oxygen atoms in total. The first kappa shape index (κ1) is 19.0. The summed E-state index contributed by atoms with van der Waals surface area (Å²) in [4.78, 5) is 16.1. The van der Waals surface area contributed by atoms with Crippen molar-refractivity contribution in [2.24, 2.45) is 23.5 Å². The van der Waals surface area contributed by atoms with Crippen molar-refractivity contribution in [3.05, 3.63) is 71.7 Å². The summed E-state index contributed by atoms with van der Waals surface area (Å²) in [6.07, 6.45) is 4.85. The number of nitrogens with two attached hydrogens (primary N) is 1. The number of carbonyl (C=O) groups excluding carboxylic acids is 1. The van der Waals surface area contributed by atoms with Gasteiger partial charge < -0.3 is 10.5 Å². The Balaban J connectivity index is 1.30. The molecule has 154 valence electrons. The molecule has 0 spiro atoms. The third-order valence-electron chi connectivity index (χ3n) is 6.96. The van der Waals surface area contributed by atoms with Gasteiger partial charge in [-0.15, -0.1) is 0 Å². The number of nitrogens with zero attached hydrogens (tertiary/aromatic N) is 1. The van der Waals surface area contributed by atoms with Crippen LogP contribution in [0.1, 0.15) is 48.0 Å². The number of fused-ring (bicyclic) bond motifs is 2. The normalized spacial score (nSPS) is 23.9. The van der Waals surface area contributed by atoms with E-state index in [0.717, 1.165) is 36.0 Å². The van der Waals surface area contributed by atoms with Crippen LogP contribution in [0.2, 0.25) is 0 Å². The predicted octanol–water partition coefficient (Wildman–Crippen LogP) is 5.07. The molecule has 2 saturated carbocycles. The number of halogens is 1. The number of pyridine rings is 1. The molecule has 5 heteroatoms. The van der Waals surface area contributed by atoms with Crippen molar-refractivity contribution in [1.29, 1.82) is 0 Å². The third kappa shape index (κ3) is 3.22. The van der Waals surface area contributed by atoms with Crippen LogP contribution in [0.15, 0.2) is 54.7 Å². The van der Waals surface area contributed by atoms with Gasteiger partial charge in [0.2, 0.25) is 5.91 Å². The molecule has 2 aliphatic rings. The van der Waals surface area contributed by atoms with Gasteiger partial charge in [-0.2, -0.15) is 0 Å². The van der Waals surface area contributed by atoms with E-state index in [-0.39, 0.29) is 17.8 Å². The standard InChI is InChI=1S/C25H25FN2O2/c1-2-16(17-5-3-4-6-18(17)25(27)29)24-20-12-15(13-21(20)24)30-23-9-10-28-22-11-14(26)7-8-19(22)23/h3-11,15-16,20-21,24H,2,12-13H2,1H3,(H2,27,29)/t15?,16-,20+,21+,24?/m1/s1. The number of rotatable bonds is 6. The van der Waals surface area contributed by atoms with Gasteiger partial charge in [0.05, 0.1) is 11.6 Å². The number of aromatic nitrogens is 1. The van der Waals surface area contributed by atoms with Gasteiger partial charge >= 0.3 is 0 Å². The zero-order valence-corrected chi connectivity index (χ0v) is 16.9. The smallest absolute Gasteiger partial charge is 0.248 e. The van der Waals surface area contributed by atoms with E-state index < -0.39 is 0 Å². The Morgan fingerprint density at radius 3 is 2.70 bits per heavy atom. The average Bonchev–Trinajstić information content (AvgIpc) is 3.21. The van der Waals surface area contributed by atoms with E-state index in [0.29, 0.717) is 34.8 Å². The summed E-state index contributed by atoms with van der Waals surface area (Å²) in [5.74, 6) is 2.30. The first-order valence-electron chi connectivity index (χ1n) is 10.7. The van der Waals surface area contributed by atoms with E-state index in [1.807, 2.05) is 24.3 Å². The topological polar surface area (TPSA) is 65.2 Å². The van der Waals surface area contributed by atoms with Gasteiger partial charge in [0.1, 0.15) is 11.6 Å². The molecule has 3 atom stereocenters. The van der Waals surface area contributed by atoms with E-state index in [4.69, 9.17) is 10.5 Å². The lowest BCUT2D eigenvalue weighted by molar-refractivity contribution is 0.0998. The highest BCUT2D eigenvalue weighted by molar-refractivity contribution is 5.94. The van der Waals surface area contributed by atoms with Crippen molar-refractivity contribution in [2.75, 3.05) is 0 Å². The van der Waals surface area contributed by atoms with Crippen LogP contribution >= 0.6 is 0 Å². The first-order valence-corrected chi connectivity index (χ1v) is 10.7. The van der Waals surface area contributed by atoms with Crippen molar-refractivity contribution >= 4 is 16.8 Å². The second-order valence-corrected chi connectivity index (χ2v) is 8.55. The molecule has 3 aromatic rings. The fourth-order valence-electron chi connectivity index (χ4n) is 5.66. The zero-order valence-electron chi connectivity index (χ0n) is 16.9. The summed E-state index contributed by atoms with van der Waals surface area (Å²) in [5, 5.41) is 0.845. The molecule has 0 bridgehead atoms. The molecule has 30 heavy (non-hydrogen) atoms. The molecule has 2 aliphatic carbocycles. The first-order chi connectivity index (χ1) is 14.6. The van der Waals surface area contributed by atoms with E-state index in [2.05, 4.69) is 18.0 Å². The summed E-state index contributed by atoms with van der Waals surface area (Å²) in [5.41, 5.74) is 7.97. The SMILES string of the molecule is CC[C@H](c1ccccc1C(N)=O)C1[C@H]2CC(Oc3ccnc4cc(F)ccc34)C[C@H]12. The van der Waals surface area contributed by atoms with Gasteiger partial charge in [0, 0.05) is 23.2 Å². The minimum absolute atomic E-state index is 0.163. The lowest BCUT2D eigenvalue weighted by atomic mass is 9.84. The maximum atomic E-state index is 13.5. The van der Waals surface area contributed by atoms with E-state index in [9.17, 15) is 9.18 Å². The maximum absolute atomic E-state index is 13.5. The van der Waals surface area contributed by atoms with Gasteiger partial charge in [0.25, 0.3) is 0 Å². The van der Waals surface area contributed by atoms with Crippen LogP contribution < -0.4 is 10.5 Å². The molecule has 0 aliphatic heterocycles. The Bertz CT molecular complexity index is 1100. The third-order valence-corrected chi connectivity index (χ3v) is 6.96. The summed E-state index contributed by atoms with van der Waals surface area (Å²) in [6, 6.07) is 14.2. The van der Waals surface area contributed by atoms with Crippen LogP contribution in [0.25, 0.3) is 10.9 Å². The molecular weight excluding hydrogens is 379 g/mol. The minimum Gasteiger partial charge on any atom is -0.490 e. The van der Waals surface area contributed by atoms with Crippen LogP contribution in [0.5, 0.6) is 5.75 Å². The number of hydrogen-bond donors (Lipinski definition) is 1. The summed E-state index contributed by atoms with van der Waals surface area (Å²) in [6.45, 7) is 2.19. The monoisotopic (exact) mass is 404 g/mol. The fourth-order valence-corrected chi connectivity index (χ4v) is 5.66. The van der Waals surface area contributed by atoms with Crippen molar-refractivity contribution in [3.63, 3.8) is 0 Å². The molecule has 0 unspecified atom stereocenters. The van der Waals surface area contributed by atoms with Gasteiger partial charge in [0.15, 0.2) is 0 Å². The Hall–Kier alpha value is -2.95. The second kappa shape index (κ2) is 7.38.